The summed E-state index contributed by atoms with van der Waals surface area (Å²) < 4.78 is 7.06. The van der Waals surface area contributed by atoms with E-state index in [0.717, 1.165) is 0 Å². The van der Waals surface area contributed by atoms with Crippen LogP contribution in [0.15, 0.2) is 82.7 Å². The fourth-order valence-corrected chi connectivity index (χ4v) is 4.47. The second-order valence-electron chi connectivity index (χ2n) is 7.18. The van der Waals surface area contributed by atoms with Crippen molar-refractivity contribution in [2.24, 2.45) is 0 Å². The van der Waals surface area contributed by atoms with Gasteiger partial charge in [-0.15, -0.1) is 0 Å². The summed E-state index contributed by atoms with van der Waals surface area (Å²) >= 11 is 7.61. The molecule has 0 aliphatic heterocycles. The molecule has 1 atom stereocenters. The summed E-state index contributed by atoms with van der Waals surface area (Å²) in [5.74, 6) is 0.364. The van der Waals surface area contributed by atoms with Gasteiger partial charge in [0.05, 0.1) is 39.2 Å². The van der Waals surface area contributed by atoms with E-state index in [1.807, 2.05) is 25.1 Å². The zero-order valence-electron chi connectivity index (χ0n) is 18.1. The highest BCUT2D eigenvalue weighted by atomic mass is 35.5. The van der Waals surface area contributed by atoms with Crippen LogP contribution in [0, 0.1) is 0 Å². The molecule has 1 N–H and O–H groups in total. The summed E-state index contributed by atoms with van der Waals surface area (Å²) in [6.07, 6.45) is 0. The number of thioether (sulfide) groups is 1. The maximum atomic E-state index is 13.4. The summed E-state index contributed by atoms with van der Waals surface area (Å²) in [6.45, 7) is 4.14. The van der Waals surface area contributed by atoms with Crippen LogP contribution < -0.4 is 15.6 Å². The number of ether oxygens (including phenoxy) is 1. The number of para-hydroxylation sites is 4. The molecule has 0 fully saturated rings. The highest BCUT2D eigenvalue weighted by molar-refractivity contribution is 8.00. The SMILES string of the molecule is CCOc1ccccc1NC(=O)C(C)Sc1nc2ccccc2c(=O)n1-c1ccccc1Cl. The molecule has 4 rings (SSSR count). The van der Waals surface area contributed by atoms with Crippen LogP contribution in [0.3, 0.4) is 0 Å². The smallest absolute Gasteiger partial charge is 0.266 e. The molecule has 0 bridgehead atoms. The standard InChI is InChI=1S/C25H22ClN3O3S/c1-3-32-22-15-9-7-13-20(22)27-23(30)16(2)33-25-28-19-12-6-4-10-17(19)24(31)29(25)21-14-8-5-11-18(21)26/h4-16H,3H2,1-2H3,(H,27,30). The van der Waals surface area contributed by atoms with Crippen molar-refractivity contribution in [2.75, 3.05) is 11.9 Å². The largest absolute Gasteiger partial charge is 0.492 e. The maximum absolute atomic E-state index is 13.4. The topological polar surface area (TPSA) is 73.2 Å². The predicted octanol–water partition coefficient (Wildman–Crippen LogP) is 5.56. The Morgan fingerprint density at radius 3 is 2.58 bits per heavy atom. The van der Waals surface area contributed by atoms with E-state index in [0.29, 0.717) is 44.8 Å². The highest BCUT2D eigenvalue weighted by Crippen LogP contribution is 2.30. The van der Waals surface area contributed by atoms with E-state index in [4.69, 9.17) is 21.3 Å². The Morgan fingerprint density at radius 2 is 1.79 bits per heavy atom. The number of carbonyl (C=O) groups is 1. The first-order valence-corrected chi connectivity index (χ1v) is 11.7. The number of rotatable bonds is 7. The van der Waals surface area contributed by atoms with E-state index in [-0.39, 0.29) is 11.5 Å². The van der Waals surface area contributed by atoms with Crippen LogP contribution in [-0.4, -0.2) is 27.3 Å². The Morgan fingerprint density at radius 1 is 1.09 bits per heavy atom. The number of nitrogens with one attached hydrogen (secondary N) is 1. The van der Waals surface area contributed by atoms with E-state index < -0.39 is 5.25 Å². The number of carbonyl (C=O) groups excluding carboxylic acids is 1. The molecule has 1 aromatic heterocycles. The minimum Gasteiger partial charge on any atom is -0.492 e. The fraction of sp³-hybridized carbons (Fsp3) is 0.160. The molecule has 0 radical (unpaired) electrons. The van der Waals surface area contributed by atoms with Gasteiger partial charge in [-0.25, -0.2) is 4.98 Å². The van der Waals surface area contributed by atoms with Crippen LogP contribution in [0.5, 0.6) is 5.75 Å². The average molecular weight is 480 g/mol. The van der Waals surface area contributed by atoms with Crippen molar-refractivity contribution >= 4 is 45.9 Å². The first-order valence-electron chi connectivity index (χ1n) is 10.5. The van der Waals surface area contributed by atoms with Gasteiger partial charge in [0, 0.05) is 0 Å². The lowest BCUT2D eigenvalue weighted by molar-refractivity contribution is -0.115. The van der Waals surface area contributed by atoms with Crippen molar-refractivity contribution in [1.29, 1.82) is 0 Å². The Labute approximate surface area is 200 Å². The van der Waals surface area contributed by atoms with Crippen molar-refractivity contribution in [2.45, 2.75) is 24.3 Å². The Hall–Kier alpha value is -3.29. The summed E-state index contributed by atoms with van der Waals surface area (Å²) in [5, 5.41) is 3.63. The minimum absolute atomic E-state index is 0.236. The zero-order chi connectivity index (χ0) is 23.4. The van der Waals surface area contributed by atoms with Gasteiger partial charge in [0.1, 0.15) is 5.75 Å². The molecule has 3 aromatic carbocycles. The quantitative estimate of drug-likeness (QED) is 0.277. The number of anilines is 1. The van der Waals surface area contributed by atoms with E-state index in [9.17, 15) is 9.59 Å². The molecule has 6 nitrogen and oxygen atoms in total. The molecular weight excluding hydrogens is 458 g/mol. The predicted molar refractivity (Wildman–Crippen MR) is 134 cm³/mol. The summed E-state index contributed by atoms with van der Waals surface area (Å²) in [4.78, 5) is 31.1. The molecule has 4 aromatic rings. The molecule has 0 saturated carbocycles. The molecular formula is C25H22ClN3O3S. The fourth-order valence-electron chi connectivity index (χ4n) is 3.33. The first-order chi connectivity index (χ1) is 16.0. The van der Waals surface area contributed by atoms with Crippen molar-refractivity contribution < 1.29 is 9.53 Å². The second kappa shape index (κ2) is 10.1. The van der Waals surface area contributed by atoms with E-state index in [1.54, 1.807) is 61.5 Å². The van der Waals surface area contributed by atoms with Crippen LogP contribution in [0.25, 0.3) is 16.6 Å². The maximum Gasteiger partial charge on any atom is 0.266 e. The number of hydrogen-bond acceptors (Lipinski definition) is 5. The van der Waals surface area contributed by atoms with Gasteiger partial charge in [0.25, 0.3) is 5.56 Å². The van der Waals surface area contributed by atoms with Gasteiger partial charge >= 0.3 is 0 Å². The van der Waals surface area contributed by atoms with Crippen LogP contribution >= 0.6 is 23.4 Å². The normalized spacial score (nSPS) is 11.8. The molecule has 1 unspecified atom stereocenters. The first kappa shape index (κ1) is 22.9. The number of nitrogens with zero attached hydrogens (tertiary/aromatic N) is 2. The molecule has 0 aliphatic carbocycles. The van der Waals surface area contributed by atoms with Crippen LogP contribution in [0.2, 0.25) is 5.02 Å². The molecule has 0 spiro atoms. The molecule has 0 aliphatic rings. The zero-order valence-corrected chi connectivity index (χ0v) is 19.7. The van der Waals surface area contributed by atoms with Crippen molar-refractivity contribution in [1.82, 2.24) is 9.55 Å². The Balaban J connectivity index is 1.71. The molecule has 0 saturated heterocycles. The third-order valence-corrected chi connectivity index (χ3v) is 6.31. The summed E-state index contributed by atoms with van der Waals surface area (Å²) in [7, 11) is 0. The van der Waals surface area contributed by atoms with Gasteiger partial charge in [-0.2, -0.15) is 0 Å². The summed E-state index contributed by atoms with van der Waals surface area (Å²) in [5.41, 5.74) is 1.42. The van der Waals surface area contributed by atoms with Crippen LogP contribution in [-0.2, 0) is 4.79 Å². The lowest BCUT2D eigenvalue weighted by Gasteiger charge is -2.18. The van der Waals surface area contributed by atoms with Gasteiger partial charge in [-0.3, -0.25) is 14.2 Å². The number of fused-ring (bicyclic) bond motifs is 1. The van der Waals surface area contributed by atoms with Gasteiger partial charge in [-0.1, -0.05) is 59.8 Å². The Kier molecular flexibility index (Phi) is 7.01. The van der Waals surface area contributed by atoms with Crippen LogP contribution in [0.1, 0.15) is 13.8 Å². The molecule has 33 heavy (non-hydrogen) atoms. The van der Waals surface area contributed by atoms with E-state index in [1.165, 1.54) is 16.3 Å². The second-order valence-corrected chi connectivity index (χ2v) is 8.90. The third kappa shape index (κ3) is 4.89. The van der Waals surface area contributed by atoms with Gasteiger partial charge in [0.15, 0.2) is 5.16 Å². The average Bonchev–Trinajstić information content (AvgIpc) is 2.81. The Bertz CT molecular complexity index is 1370. The number of aromatic nitrogens is 2. The summed E-state index contributed by atoms with van der Waals surface area (Å²) in [6, 6.07) is 21.5. The molecule has 168 valence electrons. The lowest BCUT2D eigenvalue weighted by atomic mass is 10.2. The highest BCUT2D eigenvalue weighted by Gasteiger charge is 2.22. The van der Waals surface area contributed by atoms with Crippen molar-refractivity contribution in [3.8, 4) is 11.4 Å². The number of hydrogen-bond donors (Lipinski definition) is 1. The van der Waals surface area contributed by atoms with Gasteiger partial charge in [0.2, 0.25) is 5.91 Å². The number of benzene rings is 3. The van der Waals surface area contributed by atoms with Gasteiger partial charge < -0.3 is 10.1 Å². The van der Waals surface area contributed by atoms with E-state index in [2.05, 4.69) is 5.32 Å². The number of amides is 1. The molecule has 1 amide bonds. The van der Waals surface area contributed by atoms with E-state index >= 15 is 0 Å². The van der Waals surface area contributed by atoms with Crippen molar-refractivity contribution in [3.05, 3.63) is 88.2 Å². The third-order valence-electron chi connectivity index (χ3n) is 4.93. The van der Waals surface area contributed by atoms with Gasteiger partial charge in [-0.05, 0) is 50.2 Å². The van der Waals surface area contributed by atoms with Crippen LogP contribution in [0.4, 0.5) is 5.69 Å². The number of halogens is 1. The molecule has 8 heteroatoms. The van der Waals surface area contributed by atoms with Crippen molar-refractivity contribution in [3.63, 3.8) is 0 Å². The minimum atomic E-state index is -0.554. The molecule has 1 heterocycles. The monoisotopic (exact) mass is 479 g/mol. The lowest BCUT2D eigenvalue weighted by Crippen LogP contribution is -2.26.